The highest BCUT2D eigenvalue weighted by atomic mass is 16.5. The van der Waals surface area contributed by atoms with Crippen LogP contribution >= 0.6 is 0 Å². The van der Waals surface area contributed by atoms with Crippen molar-refractivity contribution in [3.63, 3.8) is 0 Å². The minimum atomic E-state index is -0.491. The molecule has 1 aliphatic heterocycles. The Bertz CT molecular complexity index is 937. The van der Waals surface area contributed by atoms with E-state index in [2.05, 4.69) is 5.32 Å². The highest BCUT2D eigenvalue weighted by Gasteiger charge is 2.36. The van der Waals surface area contributed by atoms with E-state index in [9.17, 15) is 4.79 Å². The van der Waals surface area contributed by atoms with Crippen LogP contribution in [-0.4, -0.2) is 20.1 Å². The first-order valence-corrected chi connectivity index (χ1v) is 8.17. The maximum Gasteiger partial charge on any atom is 0.262 e. The lowest BCUT2D eigenvalue weighted by atomic mass is 10.1. The van der Waals surface area contributed by atoms with Gasteiger partial charge in [0.15, 0.2) is 6.17 Å². The lowest BCUT2D eigenvalue weighted by molar-refractivity contribution is 0.0971. The molecule has 0 radical (unpaired) electrons. The number of amides is 1. The van der Waals surface area contributed by atoms with Crippen molar-refractivity contribution < 1.29 is 18.7 Å². The van der Waals surface area contributed by atoms with Crippen molar-refractivity contribution in [2.24, 2.45) is 0 Å². The topological polar surface area (TPSA) is 63.9 Å². The van der Waals surface area contributed by atoms with Gasteiger partial charge in [-0.2, -0.15) is 0 Å². The molecule has 1 N–H and O–H groups in total. The molecule has 0 saturated carbocycles. The van der Waals surface area contributed by atoms with Gasteiger partial charge in [-0.3, -0.25) is 9.69 Å². The molecule has 0 bridgehead atoms. The van der Waals surface area contributed by atoms with E-state index in [1.54, 1.807) is 55.7 Å². The first kappa shape index (κ1) is 16.1. The van der Waals surface area contributed by atoms with Crippen molar-refractivity contribution in [2.45, 2.75) is 6.17 Å². The van der Waals surface area contributed by atoms with Gasteiger partial charge in [-0.15, -0.1) is 0 Å². The van der Waals surface area contributed by atoms with E-state index >= 15 is 0 Å². The van der Waals surface area contributed by atoms with Crippen LogP contribution in [-0.2, 0) is 0 Å². The van der Waals surface area contributed by atoms with Gasteiger partial charge in [0, 0.05) is 11.8 Å². The Kier molecular flexibility index (Phi) is 4.01. The number of nitrogens with one attached hydrogen (secondary N) is 1. The molecule has 2 aromatic carbocycles. The van der Waals surface area contributed by atoms with Crippen molar-refractivity contribution >= 4 is 17.3 Å². The molecule has 0 fully saturated rings. The summed E-state index contributed by atoms with van der Waals surface area (Å²) in [5.74, 6) is 1.68. The molecule has 0 aliphatic carbocycles. The number of nitrogens with zero attached hydrogens (tertiary/aromatic N) is 1. The molecule has 6 heteroatoms. The van der Waals surface area contributed by atoms with Gasteiger partial charge in [-0.1, -0.05) is 12.1 Å². The van der Waals surface area contributed by atoms with Gasteiger partial charge >= 0.3 is 0 Å². The van der Waals surface area contributed by atoms with Crippen LogP contribution < -0.4 is 19.7 Å². The van der Waals surface area contributed by atoms with E-state index < -0.39 is 6.17 Å². The molecule has 1 amide bonds. The molecule has 6 nitrogen and oxygen atoms in total. The van der Waals surface area contributed by atoms with Gasteiger partial charge in [0.05, 0.1) is 31.7 Å². The van der Waals surface area contributed by atoms with Crippen molar-refractivity contribution in [1.82, 2.24) is 0 Å². The Labute approximate surface area is 150 Å². The Morgan fingerprint density at radius 1 is 1.04 bits per heavy atom. The van der Waals surface area contributed by atoms with Gasteiger partial charge < -0.3 is 19.2 Å². The monoisotopic (exact) mass is 350 g/mol. The Hall–Kier alpha value is -3.41. The normalized spacial score (nSPS) is 16.0. The summed E-state index contributed by atoms with van der Waals surface area (Å²) >= 11 is 0. The van der Waals surface area contributed by atoms with E-state index in [1.807, 2.05) is 24.3 Å². The standard InChI is InChI=1S/C20H18N2O4/c1-24-13-9-10-16(18(12-13)25-2)22-19(17-8-5-11-26-17)21-15-7-4-3-6-14(15)20(22)23/h3-12,19,21H,1-2H3. The first-order valence-electron chi connectivity index (χ1n) is 8.17. The summed E-state index contributed by atoms with van der Waals surface area (Å²) in [5.41, 5.74) is 1.98. The second-order valence-corrected chi connectivity index (χ2v) is 5.82. The van der Waals surface area contributed by atoms with E-state index in [1.165, 1.54) is 0 Å². The molecular formula is C20H18N2O4. The lowest BCUT2D eigenvalue weighted by Crippen LogP contribution is -2.43. The van der Waals surface area contributed by atoms with Crippen molar-refractivity contribution in [1.29, 1.82) is 0 Å². The zero-order chi connectivity index (χ0) is 18.1. The Morgan fingerprint density at radius 2 is 1.88 bits per heavy atom. The molecular weight excluding hydrogens is 332 g/mol. The predicted octanol–water partition coefficient (Wildman–Crippen LogP) is 4.07. The molecule has 4 rings (SSSR count). The van der Waals surface area contributed by atoms with Crippen molar-refractivity contribution in [3.8, 4) is 11.5 Å². The minimum Gasteiger partial charge on any atom is -0.497 e. The van der Waals surface area contributed by atoms with Crippen LogP contribution in [0.2, 0.25) is 0 Å². The number of ether oxygens (including phenoxy) is 2. The smallest absolute Gasteiger partial charge is 0.262 e. The van der Waals surface area contributed by atoms with Crippen molar-refractivity contribution in [3.05, 3.63) is 72.2 Å². The summed E-state index contributed by atoms with van der Waals surface area (Å²) in [4.78, 5) is 14.9. The van der Waals surface area contributed by atoms with E-state index in [0.29, 0.717) is 28.5 Å². The summed E-state index contributed by atoms with van der Waals surface area (Å²) in [6.07, 6.45) is 1.10. The average molecular weight is 350 g/mol. The predicted molar refractivity (Wildman–Crippen MR) is 97.9 cm³/mol. The average Bonchev–Trinajstić information content (AvgIpc) is 3.22. The maximum atomic E-state index is 13.3. The largest absolute Gasteiger partial charge is 0.497 e. The Morgan fingerprint density at radius 3 is 2.62 bits per heavy atom. The maximum absolute atomic E-state index is 13.3. The highest BCUT2D eigenvalue weighted by Crippen LogP contribution is 2.41. The number of hydrogen-bond acceptors (Lipinski definition) is 5. The van der Waals surface area contributed by atoms with Crippen LogP contribution in [0.15, 0.2) is 65.3 Å². The molecule has 132 valence electrons. The van der Waals surface area contributed by atoms with Crippen LogP contribution in [0.5, 0.6) is 11.5 Å². The fourth-order valence-corrected chi connectivity index (χ4v) is 3.13. The summed E-state index contributed by atoms with van der Waals surface area (Å²) in [6.45, 7) is 0. The summed E-state index contributed by atoms with van der Waals surface area (Å²) in [7, 11) is 3.15. The SMILES string of the molecule is COc1ccc(N2C(=O)c3ccccc3NC2c2ccco2)c(OC)c1. The highest BCUT2D eigenvalue weighted by molar-refractivity contribution is 6.12. The zero-order valence-electron chi connectivity index (χ0n) is 14.4. The van der Waals surface area contributed by atoms with Gasteiger partial charge in [0.25, 0.3) is 5.91 Å². The van der Waals surface area contributed by atoms with Crippen LogP contribution in [0.1, 0.15) is 22.3 Å². The van der Waals surface area contributed by atoms with Gasteiger partial charge in [-0.25, -0.2) is 0 Å². The van der Waals surface area contributed by atoms with Crippen LogP contribution in [0.3, 0.4) is 0 Å². The lowest BCUT2D eigenvalue weighted by Gasteiger charge is -2.37. The molecule has 0 saturated heterocycles. The summed E-state index contributed by atoms with van der Waals surface area (Å²) in [5, 5.41) is 3.38. The number of methoxy groups -OCH3 is 2. The number of carbonyl (C=O) groups excluding carboxylic acids is 1. The van der Waals surface area contributed by atoms with Gasteiger partial charge in [0.2, 0.25) is 0 Å². The minimum absolute atomic E-state index is 0.135. The third-order valence-corrected chi connectivity index (χ3v) is 4.39. The molecule has 0 spiro atoms. The third kappa shape index (κ3) is 2.56. The number of furan rings is 1. The quantitative estimate of drug-likeness (QED) is 0.768. The molecule has 1 aromatic heterocycles. The number of rotatable bonds is 4. The number of benzene rings is 2. The van der Waals surface area contributed by atoms with Crippen molar-refractivity contribution in [2.75, 3.05) is 24.4 Å². The van der Waals surface area contributed by atoms with E-state index in [0.717, 1.165) is 5.69 Å². The fourth-order valence-electron chi connectivity index (χ4n) is 3.13. The molecule has 2 heterocycles. The first-order chi connectivity index (χ1) is 12.7. The number of hydrogen-bond donors (Lipinski definition) is 1. The van der Waals surface area contributed by atoms with Crippen LogP contribution in [0.4, 0.5) is 11.4 Å². The molecule has 1 unspecified atom stereocenters. The molecule has 1 atom stereocenters. The number of fused-ring (bicyclic) bond motifs is 1. The Balaban J connectivity index is 1.88. The third-order valence-electron chi connectivity index (χ3n) is 4.39. The second kappa shape index (κ2) is 6.48. The summed E-state index contributed by atoms with van der Waals surface area (Å²) in [6, 6.07) is 16.4. The number of carbonyl (C=O) groups is 1. The number of anilines is 2. The second-order valence-electron chi connectivity index (χ2n) is 5.82. The fraction of sp³-hybridized carbons (Fsp3) is 0.150. The van der Waals surface area contributed by atoms with E-state index in [-0.39, 0.29) is 5.91 Å². The van der Waals surface area contributed by atoms with Crippen LogP contribution in [0, 0.1) is 0 Å². The van der Waals surface area contributed by atoms with Crippen LogP contribution in [0.25, 0.3) is 0 Å². The molecule has 26 heavy (non-hydrogen) atoms. The zero-order valence-corrected chi connectivity index (χ0v) is 14.4. The molecule has 1 aliphatic rings. The van der Waals surface area contributed by atoms with Gasteiger partial charge in [-0.05, 0) is 36.4 Å². The summed E-state index contributed by atoms with van der Waals surface area (Å²) < 4.78 is 16.4. The number of para-hydroxylation sites is 1. The molecule has 3 aromatic rings. The van der Waals surface area contributed by atoms with E-state index in [4.69, 9.17) is 13.9 Å². The van der Waals surface area contributed by atoms with Gasteiger partial charge in [0.1, 0.15) is 17.3 Å².